The molecule has 0 saturated carbocycles. The summed E-state index contributed by atoms with van der Waals surface area (Å²) in [4.78, 5) is 25.8. The molecule has 1 aromatic heterocycles. The lowest BCUT2D eigenvalue weighted by atomic mass is 9.98. The van der Waals surface area contributed by atoms with Gasteiger partial charge in [0, 0.05) is 25.6 Å². The number of aliphatic carboxylic acids is 1. The summed E-state index contributed by atoms with van der Waals surface area (Å²) in [5.74, 6) is -2.57. The minimum Gasteiger partial charge on any atom is -0.481 e. The Morgan fingerprint density at radius 3 is 2.16 bits per heavy atom. The Bertz CT molecular complexity index is 1290. The number of aromatic nitrogens is 2. The summed E-state index contributed by atoms with van der Waals surface area (Å²) < 4.78 is 28.4. The maximum atomic E-state index is 13.6. The quantitative estimate of drug-likeness (QED) is 0.345. The van der Waals surface area contributed by atoms with Gasteiger partial charge in [0.25, 0.3) is 5.91 Å². The van der Waals surface area contributed by atoms with Gasteiger partial charge >= 0.3 is 5.97 Å². The van der Waals surface area contributed by atoms with Crippen LogP contribution in [0.25, 0.3) is 11.8 Å². The maximum absolute atomic E-state index is 13.6. The van der Waals surface area contributed by atoms with Crippen molar-refractivity contribution in [3.05, 3.63) is 88.8 Å². The van der Waals surface area contributed by atoms with Gasteiger partial charge in [-0.1, -0.05) is 32.1 Å². The third-order valence-corrected chi connectivity index (χ3v) is 5.89. The number of amides is 1. The van der Waals surface area contributed by atoms with Gasteiger partial charge in [-0.05, 0) is 54.0 Å². The number of rotatable bonds is 11. The molecule has 0 radical (unpaired) electrons. The van der Waals surface area contributed by atoms with Crippen LogP contribution >= 0.6 is 0 Å². The van der Waals surface area contributed by atoms with Crippen LogP contribution in [-0.2, 0) is 11.3 Å². The molecule has 3 N–H and O–H groups in total. The molecule has 0 bridgehead atoms. The molecule has 202 valence electrons. The molecular formula is C28H31F2N3O5. The molecule has 0 spiro atoms. The molecule has 0 fully saturated rings. The van der Waals surface area contributed by atoms with Gasteiger partial charge in [0.15, 0.2) is 5.69 Å². The topological polar surface area (TPSA) is 116 Å². The van der Waals surface area contributed by atoms with Crippen LogP contribution in [0, 0.1) is 11.6 Å². The van der Waals surface area contributed by atoms with Crippen molar-refractivity contribution in [2.45, 2.75) is 51.4 Å². The van der Waals surface area contributed by atoms with E-state index in [2.05, 4.69) is 5.10 Å². The normalized spacial score (nSPS) is 13.2. The number of carboxylic acids is 1. The number of nitrogens with zero attached hydrogens (tertiary/aromatic N) is 3. The molecule has 0 saturated heterocycles. The summed E-state index contributed by atoms with van der Waals surface area (Å²) in [5, 5.41) is 33.7. The van der Waals surface area contributed by atoms with Crippen LogP contribution in [0.15, 0.2) is 54.6 Å². The lowest BCUT2D eigenvalue weighted by Crippen LogP contribution is -2.27. The van der Waals surface area contributed by atoms with Crippen molar-refractivity contribution in [1.82, 2.24) is 14.7 Å². The molecule has 1 amide bonds. The first-order valence-corrected chi connectivity index (χ1v) is 12.1. The van der Waals surface area contributed by atoms with Crippen molar-refractivity contribution in [3.63, 3.8) is 0 Å². The summed E-state index contributed by atoms with van der Waals surface area (Å²) in [6.07, 6.45) is -0.159. The summed E-state index contributed by atoms with van der Waals surface area (Å²) >= 11 is 0. The van der Waals surface area contributed by atoms with Crippen molar-refractivity contribution in [1.29, 1.82) is 0 Å². The molecular weight excluding hydrogens is 496 g/mol. The van der Waals surface area contributed by atoms with Crippen molar-refractivity contribution in [3.8, 4) is 5.69 Å². The van der Waals surface area contributed by atoms with E-state index in [1.807, 2.05) is 13.8 Å². The minimum atomic E-state index is -1.24. The third-order valence-electron chi connectivity index (χ3n) is 5.89. The van der Waals surface area contributed by atoms with Crippen LogP contribution in [0.2, 0.25) is 0 Å². The first-order chi connectivity index (χ1) is 18.0. The largest absolute Gasteiger partial charge is 0.481 e. The molecule has 3 rings (SSSR count). The number of aliphatic hydroxyl groups is 2. The smallest absolute Gasteiger partial charge is 0.305 e. The lowest BCUT2D eigenvalue weighted by molar-refractivity contribution is -0.139. The molecule has 1 heterocycles. The van der Waals surface area contributed by atoms with E-state index in [0.717, 1.165) is 5.56 Å². The van der Waals surface area contributed by atoms with E-state index < -0.39 is 30.4 Å². The van der Waals surface area contributed by atoms with Crippen molar-refractivity contribution in [2.24, 2.45) is 0 Å². The molecule has 0 aliphatic carbocycles. The highest BCUT2D eigenvalue weighted by atomic mass is 19.1. The second-order valence-corrected chi connectivity index (χ2v) is 9.39. The Kier molecular flexibility index (Phi) is 9.49. The Morgan fingerprint density at radius 1 is 1.03 bits per heavy atom. The second kappa shape index (κ2) is 12.6. The van der Waals surface area contributed by atoms with Crippen LogP contribution in [0.4, 0.5) is 8.78 Å². The molecule has 8 nitrogen and oxygen atoms in total. The summed E-state index contributed by atoms with van der Waals surface area (Å²) in [7, 11) is 1.61. The summed E-state index contributed by atoms with van der Waals surface area (Å²) in [5.41, 5.74) is 2.42. The maximum Gasteiger partial charge on any atom is 0.305 e. The van der Waals surface area contributed by atoms with Crippen LogP contribution < -0.4 is 0 Å². The van der Waals surface area contributed by atoms with Crippen LogP contribution in [0.1, 0.15) is 59.9 Å². The highest BCUT2D eigenvalue weighted by Crippen LogP contribution is 2.29. The van der Waals surface area contributed by atoms with Gasteiger partial charge in [-0.3, -0.25) is 9.59 Å². The van der Waals surface area contributed by atoms with E-state index in [1.165, 1.54) is 52.1 Å². The van der Waals surface area contributed by atoms with Crippen molar-refractivity contribution in [2.75, 3.05) is 7.05 Å². The van der Waals surface area contributed by atoms with E-state index in [9.17, 15) is 28.6 Å². The second-order valence-electron chi connectivity index (χ2n) is 9.39. The van der Waals surface area contributed by atoms with Gasteiger partial charge in [-0.2, -0.15) is 5.10 Å². The number of aliphatic hydroxyl groups excluding tert-OH is 2. The first-order valence-electron chi connectivity index (χ1n) is 12.1. The zero-order chi connectivity index (χ0) is 28.0. The number of carbonyl (C=O) groups is 2. The number of carboxylic acid groups (broad SMARTS) is 1. The fraction of sp³-hybridized carbons (Fsp3) is 0.321. The van der Waals surface area contributed by atoms with Gasteiger partial charge in [0.05, 0.1) is 30.0 Å². The van der Waals surface area contributed by atoms with Gasteiger partial charge in [-0.25, -0.2) is 13.5 Å². The van der Waals surface area contributed by atoms with Crippen LogP contribution in [-0.4, -0.2) is 61.1 Å². The van der Waals surface area contributed by atoms with E-state index in [0.29, 0.717) is 16.9 Å². The molecule has 2 aromatic carbocycles. The predicted octanol–water partition coefficient (Wildman–Crippen LogP) is 4.15. The SMILES string of the molecule is CC(C)c1c(C(=O)N(C)Cc2ccc(F)cc2)nn(-c2ccc(F)cc2)c1/C=C/[C@H](O)C[C@@H](O)CC(=O)O. The molecule has 0 unspecified atom stereocenters. The predicted molar refractivity (Wildman–Crippen MR) is 138 cm³/mol. The lowest BCUT2D eigenvalue weighted by Gasteiger charge is -2.17. The number of hydrogen-bond donors (Lipinski definition) is 3. The zero-order valence-electron chi connectivity index (χ0n) is 21.4. The van der Waals surface area contributed by atoms with Crippen molar-refractivity contribution >= 4 is 18.0 Å². The average molecular weight is 528 g/mol. The molecule has 38 heavy (non-hydrogen) atoms. The first kappa shape index (κ1) is 28.7. The monoisotopic (exact) mass is 527 g/mol. The summed E-state index contributed by atoms with van der Waals surface area (Å²) in [6.45, 7) is 3.98. The van der Waals surface area contributed by atoms with E-state index in [4.69, 9.17) is 5.11 Å². The van der Waals surface area contributed by atoms with E-state index in [1.54, 1.807) is 25.3 Å². The Labute approximate surface area is 219 Å². The van der Waals surface area contributed by atoms with E-state index in [-0.39, 0.29) is 36.3 Å². The number of carbonyl (C=O) groups excluding carboxylic acids is 1. The Balaban J connectivity index is 2.01. The Morgan fingerprint density at radius 2 is 1.61 bits per heavy atom. The number of benzene rings is 2. The van der Waals surface area contributed by atoms with Crippen LogP contribution in [0.3, 0.4) is 0 Å². The fourth-order valence-electron chi connectivity index (χ4n) is 4.07. The highest BCUT2D eigenvalue weighted by Gasteiger charge is 2.27. The molecule has 3 aromatic rings. The molecule has 2 atom stereocenters. The van der Waals surface area contributed by atoms with Gasteiger partial charge in [-0.15, -0.1) is 0 Å². The van der Waals surface area contributed by atoms with Crippen LogP contribution in [0.5, 0.6) is 0 Å². The van der Waals surface area contributed by atoms with E-state index >= 15 is 0 Å². The highest BCUT2D eigenvalue weighted by molar-refractivity contribution is 5.95. The molecule has 10 heteroatoms. The number of hydrogen-bond acceptors (Lipinski definition) is 5. The molecule has 0 aliphatic rings. The Hall–Kier alpha value is -3.89. The third kappa shape index (κ3) is 7.33. The number of halogens is 2. The van der Waals surface area contributed by atoms with Gasteiger partial charge in [0.2, 0.25) is 0 Å². The fourth-order valence-corrected chi connectivity index (χ4v) is 4.07. The van der Waals surface area contributed by atoms with Gasteiger partial charge in [0.1, 0.15) is 11.6 Å². The van der Waals surface area contributed by atoms with Crippen molar-refractivity contribution < 1.29 is 33.7 Å². The summed E-state index contributed by atoms with van der Waals surface area (Å²) in [6, 6.07) is 11.4. The zero-order valence-corrected chi connectivity index (χ0v) is 21.4. The minimum absolute atomic E-state index is 0.161. The molecule has 0 aliphatic heterocycles. The standard InChI is InChI=1S/C28H31F2N3O5/c1-17(2)26-24(13-12-22(34)14-23(35)15-25(36)37)33(21-10-8-20(30)9-11-21)31-27(26)28(38)32(3)16-18-4-6-19(29)7-5-18/h4-13,17,22-23,34-35H,14-16H2,1-3H3,(H,36,37)/b13-12+/t22-,23+/m0/s1. The van der Waals surface area contributed by atoms with Gasteiger partial charge < -0.3 is 20.2 Å². The average Bonchev–Trinajstić information content (AvgIpc) is 3.23.